The van der Waals surface area contributed by atoms with Gasteiger partial charge >= 0.3 is 0 Å². The zero-order valence-electron chi connectivity index (χ0n) is 14.4. The number of halogens is 1. The molecule has 1 amide bonds. The van der Waals surface area contributed by atoms with Gasteiger partial charge in [0, 0.05) is 18.3 Å². The number of aromatic nitrogens is 2. The standard InChI is InChI=1S/C17H20FN3O4S/c1-10(2)5-6-21-8-12(19-9-21)11-3-4-13(22)16(17(11)18)14-7-15(23)20-26(14,24)25/h3-4,8-10,14,22H,5-7H2,1-2H3,(H,20,23). The third-order valence-electron chi connectivity index (χ3n) is 4.35. The van der Waals surface area contributed by atoms with Gasteiger partial charge in [-0.2, -0.15) is 0 Å². The van der Waals surface area contributed by atoms with Crippen LogP contribution in [0.5, 0.6) is 5.75 Å². The number of rotatable bonds is 5. The van der Waals surface area contributed by atoms with Crippen LogP contribution in [-0.2, 0) is 21.4 Å². The van der Waals surface area contributed by atoms with E-state index in [9.17, 15) is 18.3 Å². The maximum Gasteiger partial charge on any atom is 0.242 e. The third-order valence-corrected chi connectivity index (χ3v) is 6.02. The molecule has 0 radical (unpaired) electrons. The average molecular weight is 381 g/mol. The summed E-state index contributed by atoms with van der Waals surface area (Å²) < 4.78 is 42.8. The van der Waals surface area contributed by atoms with Gasteiger partial charge in [-0.3, -0.25) is 9.52 Å². The van der Waals surface area contributed by atoms with Crippen LogP contribution >= 0.6 is 0 Å². The SMILES string of the molecule is CC(C)CCn1cnc(-c2ccc(O)c(C3CC(=O)NS3(=O)=O)c2F)c1. The predicted molar refractivity (Wildman–Crippen MR) is 93.2 cm³/mol. The van der Waals surface area contributed by atoms with Crippen molar-refractivity contribution in [1.82, 2.24) is 14.3 Å². The molecule has 26 heavy (non-hydrogen) atoms. The van der Waals surface area contributed by atoms with Crippen molar-refractivity contribution in [2.24, 2.45) is 5.92 Å². The lowest BCUT2D eigenvalue weighted by atomic mass is 10.0. The molecule has 7 nitrogen and oxygen atoms in total. The molecular weight excluding hydrogens is 361 g/mol. The molecule has 1 aromatic heterocycles. The van der Waals surface area contributed by atoms with Crippen LogP contribution in [0.1, 0.15) is 37.5 Å². The second-order valence-electron chi connectivity index (χ2n) is 6.80. The summed E-state index contributed by atoms with van der Waals surface area (Å²) >= 11 is 0. The second kappa shape index (κ2) is 6.71. The summed E-state index contributed by atoms with van der Waals surface area (Å²) in [5, 5.41) is 8.56. The van der Waals surface area contributed by atoms with E-state index in [1.54, 1.807) is 12.5 Å². The zero-order valence-corrected chi connectivity index (χ0v) is 15.3. The first-order valence-electron chi connectivity index (χ1n) is 8.27. The van der Waals surface area contributed by atoms with E-state index in [1.165, 1.54) is 12.1 Å². The Morgan fingerprint density at radius 2 is 2.15 bits per heavy atom. The lowest BCUT2D eigenvalue weighted by Crippen LogP contribution is -2.22. The Balaban J connectivity index is 2.00. The van der Waals surface area contributed by atoms with Crippen LogP contribution in [0.15, 0.2) is 24.7 Å². The normalized spacial score (nSPS) is 19.1. The molecule has 140 valence electrons. The van der Waals surface area contributed by atoms with Crippen molar-refractivity contribution < 1.29 is 22.7 Å². The molecule has 2 aromatic rings. The van der Waals surface area contributed by atoms with E-state index < -0.39 is 44.7 Å². The highest BCUT2D eigenvalue weighted by Crippen LogP contribution is 2.40. The van der Waals surface area contributed by atoms with Crippen molar-refractivity contribution in [3.05, 3.63) is 36.0 Å². The number of benzene rings is 1. The number of nitrogens with zero attached hydrogens (tertiary/aromatic N) is 2. The maximum atomic E-state index is 15.1. The summed E-state index contributed by atoms with van der Waals surface area (Å²) in [5.74, 6) is -1.60. The van der Waals surface area contributed by atoms with Gasteiger partial charge in [0.05, 0.1) is 24.0 Å². The summed E-state index contributed by atoms with van der Waals surface area (Å²) in [7, 11) is -4.07. The van der Waals surface area contributed by atoms with E-state index in [0.29, 0.717) is 11.6 Å². The van der Waals surface area contributed by atoms with E-state index >= 15 is 4.39 Å². The Kier molecular flexibility index (Phi) is 4.74. The minimum Gasteiger partial charge on any atom is -0.508 e. The average Bonchev–Trinajstić information content (AvgIpc) is 3.09. The van der Waals surface area contributed by atoms with E-state index in [0.717, 1.165) is 13.0 Å². The number of sulfonamides is 1. The number of phenolic OH excluding ortho intramolecular Hbond substituents is 1. The van der Waals surface area contributed by atoms with Crippen LogP contribution in [0.2, 0.25) is 0 Å². The second-order valence-corrected chi connectivity index (χ2v) is 8.67. The molecular formula is C17H20FN3O4S. The molecule has 1 aliphatic rings. The number of carbonyl (C=O) groups excluding carboxylic acids is 1. The monoisotopic (exact) mass is 381 g/mol. The number of carbonyl (C=O) groups is 1. The molecule has 0 bridgehead atoms. The number of phenols is 1. The predicted octanol–water partition coefficient (Wildman–Crippen LogP) is 2.33. The van der Waals surface area contributed by atoms with Crippen LogP contribution in [0, 0.1) is 11.7 Å². The van der Waals surface area contributed by atoms with Gasteiger partial charge in [-0.25, -0.2) is 17.8 Å². The Hall–Kier alpha value is -2.42. The number of hydrogen-bond donors (Lipinski definition) is 2. The summed E-state index contributed by atoms with van der Waals surface area (Å²) in [4.78, 5) is 15.6. The van der Waals surface area contributed by atoms with Gasteiger partial charge in [0.1, 0.15) is 16.8 Å². The lowest BCUT2D eigenvalue weighted by molar-refractivity contribution is -0.118. The van der Waals surface area contributed by atoms with Crippen molar-refractivity contribution in [1.29, 1.82) is 0 Å². The molecule has 1 unspecified atom stereocenters. The molecule has 0 spiro atoms. The van der Waals surface area contributed by atoms with Crippen molar-refractivity contribution in [3.8, 4) is 17.0 Å². The molecule has 1 aliphatic heterocycles. The fraction of sp³-hybridized carbons (Fsp3) is 0.412. The molecule has 3 rings (SSSR count). The summed E-state index contributed by atoms with van der Waals surface area (Å²) in [6, 6.07) is 2.57. The summed E-state index contributed by atoms with van der Waals surface area (Å²) in [6.45, 7) is 4.93. The number of amides is 1. The number of aromatic hydroxyl groups is 1. The van der Waals surface area contributed by atoms with Crippen molar-refractivity contribution in [2.75, 3.05) is 0 Å². The topological polar surface area (TPSA) is 101 Å². The number of aryl methyl sites for hydroxylation is 1. The number of nitrogens with one attached hydrogen (secondary N) is 1. The minimum atomic E-state index is -4.07. The Morgan fingerprint density at radius 1 is 1.42 bits per heavy atom. The highest BCUT2D eigenvalue weighted by atomic mass is 32.2. The van der Waals surface area contributed by atoms with Gasteiger partial charge in [-0.1, -0.05) is 13.8 Å². The molecule has 0 saturated carbocycles. The van der Waals surface area contributed by atoms with Crippen LogP contribution in [0.25, 0.3) is 11.3 Å². The smallest absolute Gasteiger partial charge is 0.242 e. The first-order chi connectivity index (χ1) is 12.2. The molecule has 1 fully saturated rings. The molecule has 0 aliphatic carbocycles. The fourth-order valence-corrected chi connectivity index (χ4v) is 4.37. The van der Waals surface area contributed by atoms with Gasteiger partial charge in [-0.15, -0.1) is 0 Å². The highest BCUT2D eigenvalue weighted by molar-refractivity contribution is 7.90. The van der Waals surface area contributed by atoms with Crippen LogP contribution in [-0.4, -0.2) is 29.0 Å². The van der Waals surface area contributed by atoms with Gasteiger partial charge < -0.3 is 9.67 Å². The van der Waals surface area contributed by atoms with Crippen LogP contribution in [0.4, 0.5) is 4.39 Å². The van der Waals surface area contributed by atoms with Gasteiger partial charge in [0.25, 0.3) is 0 Å². The molecule has 2 heterocycles. The summed E-state index contributed by atoms with van der Waals surface area (Å²) in [6.07, 6.45) is 3.77. The first-order valence-corrected chi connectivity index (χ1v) is 9.81. The lowest BCUT2D eigenvalue weighted by Gasteiger charge is -2.13. The fourth-order valence-electron chi connectivity index (χ4n) is 2.92. The zero-order chi connectivity index (χ0) is 19.1. The molecule has 1 saturated heterocycles. The number of hydrogen-bond acceptors (Lipinski definition) is 5. The Bertz CT molecular complexity index is 953. The molecule has 2 N–H and O–H groups in total. The number of imidazole rings is 1. The maximum absolute atomic E-state index is 15.1. The van der Waals surface area contributed by atoms with Crippen molar-refractivity contribution >= 4 is 15.9 Å². The van der Waals surface area contributed by atoms with E-state index in [-0.39, 0.29) is 5.56 Å². The summed E-state index contributed by atoms with van der Waals surface area (Å²) in [5.41, 5.74) is 0.00964. The van der Waals surface area contributed by atoms with Crippen LogP contribution in [0.3, 0.4) is 0 Å². The van der Waals surface area contributed by atoms with Crippen molar-refractivity contribution in [3.63, 3.8) is 0 Å². The quantitative estimate of drug-likeness (QED) is 0.828. The Morgan fingerprint density at radius 3 is 2.77 bits per heavy atom. The van der Waals surface area contributed by atoms with E-state index in [1.807, 2.05) is 9.29 Å². The largest absolute Gasteiger partial charge is 0.508 e. The highest BCUT2D eigenvalue weighted by Gasteiger charge is 2.41. The minimum absolute atomic E-state index is 0.0793. The van der Waals surface area contributed by atoms with Gasteiger partial charge in [-0.05, 0) is 24.5 Å². The van der Waals surface area contributed by atoms with E-state index in [4.69, 9.17) is 0 Å². The molecule has 1 aromatic carbocycles. The van der Waals surface area contributed by atoms with Gasteiger partial charge in [0.2, 0.25) is 15.9 Å². The van der Waals surface area contributed by atoms with Gasteiger partial charge in [0.15, 0.2) is 0 Å². The molecule has 1 atom stereocenters. The van der Waals surface area contributed by atoms with Crippen LogP contribution < -0.4 is 4.72 Å². The molecule has 9 heteroatoms. The third kappa shape index (κ3) is 3.44. The van der Waals surface area contributed by atoms with Crippen molar-refractivity contribution in [2.45, 2.75) is 38.5 Å². The van der Waals surface area contributed by atoms with E-state index in [2.05, 4.69) is 18.8 Å². The Labute approximate surface area is 150 Å². The first kappa shape index (κ1) is 18.4.